The summed E-state index contributed by atoms with van der Waals surface area (Å²) in [6.45, 7) is 2.12. The lowest BCUT2D eigenvalue weighted by molar-refractivity contribution is -0.151. The molecule has 0 saturated heterocycles. The molecule has 3 rings (SSSR count). The molecule has 0 bridgehead atoms. The molecule has 1 spiro atoms. The molecule has 0 N–H and O–H groups in total. The van der Waals surface area contributed by atoms with Crippen molar-refractivity contribution >= 4 is 5.78 Å². The average Bonchev–Trinajstić information content (AvgIpc) is 3.00. The monoisotopic (exact) mass is 274 g/mol. The largest absolute Gasteiger partial charge is 0.493 e. The lowest BCUT2D eigenvalue weighted by Gasteiger charge is -2.44. The van der Waals surface area contributed by atoms with Crippen LogP contribution in [-0.2, 0) is 11.2 Å². The quantitative estimate of drug-likeness (QED) is 0.842. The predicted octanol–water partition coefficient (Wildman–Crippen LogP) is 3.54. The highest BCUT2D eigenvalue weighted by molar-refractivity contribution is 5.92. The zero-order chi connectivity index (χ0) is 14.2. The number of Topliss-reactive ketones (excluding diaryl/α,β-unsaturated/α-hetero) is 1. The van der Waals surface area contributed by atoms with Crippen molar-refractivity contribution in [1.82, 2.24) is 0 Å². The smallest absolute Gasteiger partial charge is 0.161 e. The molecule has 2 saturated carbocycles. The summed E-state index contributed by atoms with van der Waals surface area (Å²) in [5.41, 5.74) is 1.04. The maximum Gasteiger partial charge on any atom is 0.161 e. The van der Waals surface area contributed by atoms with Gasteiger partial charge in [-0.1, -0.05) is 25.8 Å². The number of aryl methyl sites for hydroxylation is 1. The normalized spacial score (nSPS) is 23.7. The minimum absolute atomic E-state index is 0.0406. The van der Waals surface area contributed by atoms with Gasteiger partial charge in [-0.2, -0.15) is 0 Å². The molecule has 1 atom stereocenters. The third-order valence-corrected chi connectivity index (χ3v) is 4.94. The Morgan fingerprint density at radius 3 is 2.60 bits per heavy atom. The van der Waals surface area contributed by atoms with Crippen LogP contribution in [0.1, 0.15) is 44.6 Å². The van der Waals surface area contributed by atoms with Crippen LogP contribution in [0.25, 0.3) is 0 Å². The minimum atomic E-state index is -0.186. The van der Waals surface area contributed by atoms with Crippen molar-refractivity contribution in [1.29, 1.82) is 0 Å². The first kappa shape index (κ1) is 13.5. The van der Waals surface area contributed by atoms with Gasteiger partial charge in [0, 0.05) is 6.42 Å². The third-order valence-electron chi connectivity index (χ3n) is 4.94. The predicted molar refractivity (Wildman–Crippen MR) is 77.3 cm³/mol. The summed E-state index contributed by atoms with van der Waals surface area (Å²) in [7, 11) is 1.67. The fourth-order valence-electron chi connectivity index (χ4n) is 3.56. The number of hydrogen-bond acceptors (Lipinski definition) is 3. The Balaban J connectivity index is 1.80. The van der Waals surface area contributed by atoms with E-state index < -0.39 is 0 Å². The molecular formula is C17H22O3. The number of carbonyl (C=O) groups is 1. The number of hydrogen-bond donors (Lipinski definition) is 0. The standard InChI is InChI=1S/C17H22O3/c1-3-12-6-7-13(14(10-12)19-2)20-16-11-15(18)17(16)8-4-5-9-17/h6-7,10,16H,3-5,8-9,11H2,1-2H3. The highest BCUT2D eigenvalue weighted by atomic mass is 16.5. The van der Waals surface area contributed by atoms with Gasteiger partial charge in [-0.15, -0.1) is 0 Å². The van der Waals surface area contributed by atoms with Gasteiger partial charge < -0.3 is 9.47 Å². The van der Waals surface area contributed by atoms with Crippen LogP contribution in [0.2, 0.25) is 0 Å². The fraction of sp³-hybridized carbons (Fsp3) is 0.588. The third kappa shape index (κ3) is 2.00. The molecular weight excluding hydrogens is 252 g/mol. The number of methoxy groups -OCH3 is 1. The van der Waals surface area contributed by atoms with E-state index in [0.717, 1.165) is 43.6 Å². The molecule has 1 aromatic carbocycles. The van der Waals surface area contributed by atoms with Gasteiger partial charge in [-0.3, -0.25) is 4.79 Å². The summed E-state index contributed by atoms with van der Waals surface area (Å²) in [6.07, 6.45) is 5.85. The van der Waals surface area contributed by atoms with Gasteiger partial charge in [0.25, 0.3) is 0 Å². The second-order valence-electron chi connectivity index (χ2n) is 5.94. The number of carbonyl (C=O) groups excluding carboxylic acids is 1. The number of benzene rings is 1. The number of ether oxygens (including phenoxy) is 2. The Morgan fingerprint density at radius 1 is 1.25 bits per heavy atom. The molecule has 3 nitrogen and oxygen atoms in total. The Kier molecular flexibility index (Phi) is 3.45. The molecule has 2 aliphatic rings. The van der Waals surface area contributed by atoms with Crippen molar-refractivity contribution < 1.29 is 14.3 Å². The van der Waals surface area contributed by atoms with Crippen LogP contribution in [-0.4, -0.2) is 19.0 Å². The van der Waals surface area contributed by atoms with Crippen LogP contribution in [0.3, 0.4) is 0 Å². The zero-order valence-corrected chi connectivity index (χ0v) is 12.3. The van der Waals surface area contributed by atoms with Gasteiger partial charge in [0.2, 0.25) is 0 Å². The molecule has 0 aliphatic heterocycles. The van der Waals surface area contributed by atoms with Gasteiger partial charge in [-0.25, -0.2) is 0 Å². The lowest BCUT2D eigenvalue weighted by Crippen LogP contribution is -2.55. The topological polar surface area (TPSA) is 35.5 Å². The maximum absolute atomic E-state index is 12.0. The molecule has 108 valence electrons. The number of ketones is 1. The zero-order valence-electron chi connectivity index (χ0n) is 12.3. The summed E-state index contributed by atoms with van der Waals surface area (Å²) in [5.74, 6) is 1.94. The average molecular weight is 274 g/mol. The van der Waals surface area contributed by atoms with Crippen LogP contribution in [0, 0.1) is 5.41 Å². The Labute approximate surface area is 120 Å². The van der Waals surface area contributed by atoms with E-state index in [2.05, 4.69) is 13.0 Å². The summed E-state index contributed by atoms with van der Waals surface area (Å²) in [5, 5.41) is 0. The van der Waals surface area contributed by atoms with E-state index in [-0.39, 0.29) is 11.5 Å². The van der Waals surface area contributed by atoms with Gasteiger partial charge >= 0.3 is 0 Å². The second kappa shape index (κ2) is 5.12. The molecule has 1 unspecified atom stereocenters. The molecule has 20 heavy (non-hydrogen) atoms. The van der Waals surface area contributed by atoms with Gasteiger partial charge in [0.15, 0.2) is 11.5 Å². The summed E-state index contributed by atoms with van der Waals surface area (Å²) >= 11 is 0. The molecule has 1 aromatic rings. The molecule has 2 aliphatic carbocycles. The van der Waals surface area contributed by atoms with Crippen LogP contribution >= 0.6 is 0 Å². The molecule has 0 amide bonds. The van der Waals surface area contributed by atoms with Gasteiger partial charge in [-0.05, 0) is 37.0 Å². The Bertz CT molecular complexity index is 515. The van der Waals surface area contributed by atoms with E-state index in [0.29, 0.717) is 12.2 Å². The van der Waals surface area contributed by atoms with E-state index in [1.807, 2.05) is 12.1 Å². The molecule has 0 heterocycles. The van der Waals surface area contributed by atoms with Crippen molar-refractivity contribution in [3.05, 3.63) is 23.8 Å². The number of rotatable bonds is 4. The second-order valence-corrected chi connectivity index (χ2v) is 5.94. The fourth-order valence-corrected chi connectivity index (χ4v) is 3.56. The SMILES string of the molecule is CCc1ccc(OC2CC(=O)C23CCCC3)c(OC)c1. The first-order valence-corrected chi connectivity index (χ1v) is 7.56. The van der Waals surface area contributed by atoms with Crippen molar-refractivity contribution in [2.24, 2.45) is 5.41 Å². The van der Waals surface area contributed by atoms with E-state index in [9.17, 15) is 4.79 Å². The first-order chi connectivity index (χ1) is 9.69. The summed E-state index contributed by atoms with van der Waals surface area (Å²) in [4.78, 5) is 12.0. The van der Waals surface area contributed by atoms with E-state index in [1.54, 1.807) is 7.11 Å². The molecule has 0 radical (unpaired) electrons. The highest BCUT2D eigenvalue weighted by Crippen LogP contribution is 2.52. The van der Waals surface area contributed by atoms with Crippen molar-refractivity contribution in [3.63, 3.8) is 0 Å². The van der Waals surface area contributed by atoms with E-state index in [4.69, 9.17) is 9.47 Å². The minimum Gasteiger partial charge on any atom is -0.493 e. The van der Waals surface area contributed by atoms with Crippen LogP contribution in [0.4, 0.5) is 0 Å². The lowest BCUT2D eigenvalue weighted by atomic mass is 9.63. The van der Waals surface area contributed by atoms with Crippen LogP contribution in [0.15, 0.2) is 18.2 Å². The van der Waals surface area contributed by atoms with Crippen molar-refractivity contribution in [2.45, 2.75) is 51.6 Å². The summed E-state index contributed by atoms with van der Waals surface area (Å²) < 4.78 is 11.6. The molecule has 0 aromatic heterocycles. The molecule has 3 heteroatoms. The highest BCUT2D eigenvalue weighted by Gasteiger charge is 2.57. The summed E-state index contributed by atoms with van der Waals surface area (Å²) in [6, 6.07) is 6.07. The van der Waals surface area contributed by atoms with Gasteiger partial charge in [0.1, 0.15) is 11.9 Å². The van der Waals surface area contributed by atoms with E-state index in [1.165, 1.54) is 5.56 Å². The van der Waals surface area contributed by atoms with E-state index >= 15 is 0 Å². The molecule has 2 fully saturated rings. The van der Waals surface area contributed by atoms with Crippen molar-refractivity contribution in [2.75, 3.05) is 7.11 Å². The maximum atomic E-state index is 12.0. The Hall–Kier alpha value is -1.51. The first-order valence-electron chi connectivity index (χ1n) is 7.56. The van der Waals surface area contributed by atoms with Crippen LogP contribution < -0.4 is 9.47 Å². The Morgan fingerprint density at radius 2 is 2.00 bits per heavy atom. The van der Waals surface area contributed by atoms with Gasteiger partial charge in [0.05, 0.1) is 12.5 Å². The van der Waals surface area contributed by atoms with Crippen LogP contribution in [0.5, 0.6) is 11.5 Å². The van der Waals surface area contributed by atoms with Crippen molar-refractivity contribution in [3.8, 4) is 11.5 Å².